The monoisotopic (exact) mass is 185 g/mol. The zero-order chi connectivity index (χ0) is 9.31. The largest absolute Gasteiger partial charge is 0.381 e. The van der Waals surface area contributed by atoms with Crippen LogP contribution in [0.15, 0.2) is 0 Å². The second-order valence-electron chi connectivity index (χ2n) is 4.35. The van der Waals surface area contributed by atoms with E-state index in [-0.39, 0.29) is 5.72 Å². The van der Waals surface area contributed by atoms with E-state index in [2.05, 4.69) is 19.2 Å². The third-order valence-corrected chi connectivity index (χ3v) is 3.17. The summed E-state index contributed by atoms with van der Waals surface area (Å²) in [6, 6.07) is 0.493. The Kier molecular flexibility index (Phi) is 2.58. The van der Waals surface area contributed by atoms with E-state index in [1.54, 1.807) is 0 Å². The lowest BCUT2D eigenvalue weighted by Crippen LogP contribution is -2.48. The fourth-order valence-corrected chi connectivity index (χ4v) is 2.35. The average molecular weight is 185 g/mol. The normalized spacial score (nSPS) is 42.5. The maximum absolute atomic E-state index is 5.83. The van der Waals surface area contributed by atoms with Crippen LogP contribution >= 0.6 is 0 Å². The van der Waals surface area contributed by atoms with Gasteiger partial charge in [0, 0.05) is 25.2 Å². The van der Waals surface area contributed by atoms with E-state index in [0.29, 0.717) is 12.0 Å². The lowest BCUT2D eigenvalue weighted by molar-refractivity contribution is -0.0799. The van der Waals surface area contributed by atoms with E-state index in [4.69, 9.17) is 9.47 Å². The Labute approximate surface area is 79.8 Å². The molecule has 2 rings (SSSR count). The topological polar surface area (TPSA) is 30.5 Å². The number of ether oxygens (including phenoxy) is 2. The molecular weight excluding hydrogens is 166 g/mol. The van der Waals surface area contributed by atoms with Gasteiger partial charge in [0.2, 0.25) is 0 Å². The van der Waals surface area contributed by atoms with E-state index in [1.807, 2.05) is 0 Å². The van der Waals surface area contributed by atoms with Crippen molar-refractivity contribution in [2.45, 2.75) is 38.5 Å². The van der Waals surface area contributed by atoms with Crippen molar-refractivity contribution in [1.82, 2.24) is 5.32 Å². The van der Waals surface area contributed by atoms with Crippen molar-refractivity contribution in [3.63, 3.8) is 0 Å². The van der Waals surface area contributed by atoms with Crippen molar-refractivity contribution >= 4 is 0 Å². The molecule has 0 aliphatic carbocycles. The fourth-order valence-electron chi connectivity index (χ4n) is 2.35. The van der Waals surface area contributed by atoms with Crippen LogP contribution in [0, 0.1) is 5.92 Å². The van der Waals surface area contributed by atoms with Crippen LogP contribution in [0.5, 0.6) is 0 Å². The molecule has 1 N–H and O–H groups in total. The van der Waals surface area contributed by atoms with Gasteiger partial charge in [0.15, 0.2) is 0 Å². The minimum Gasteiger partial charge on any atom is -0.381 e. The molecule has 0 amide bonds. The zero-order valence-corrected chi connectivity index (χ0v) is 8.51. The maximum Gasteiger partial charge on any atom is 0.119 e. The van der Waals surface area contributed by atoms with Crippen molar-refractivity contribution in [3.8, 4) is 0 Å². The molecule has 3 nitrogen and oxygen atoms in total. The first kappa shape index (κ1) is 9.44. The van der Waals surface area contributed by atoms with E-state index < -0.39 is 0 Å². The summed E-state index contributed by atoms with van der Waals surface area (Å²) < 4.78 is 11.2. The Bertz CT molecular complexity index is 180. The van der Waals surface area contributed by atoms with Gasteiger partial charge in [-0.2, -0.15) is 0 Å². The van der Waals surface area contributed by atoms with Crippen LogP contribution in [-0.2, 0) is 9.47 Å². The van der Waals surface area contributed by atoms with Gasteiger partial charge in [0.05, 0.1) is 6.61 Å². The summed E-state index contributed by atoms with van der Waals surface area (Å²) >= 11 is 0. The van der Waals surface area contributed by atoms with Crippen molar-refractivity contribution < 1.29 is 9.47 Å². The first-order valence-corrected chi connectivity index (χ1v) is 5.20. The zero-order valence-electron chi connectivity index (χ0n) is 8.51. The Hall–Kier alpha value is -0.120. The van der Waals surface area contributed by atoms with Crippen LogP contribution in [0.2, 0.25) is 0 Å². The van der Waals surface area contributed by atoms with E-state index in [1.165, 1.54) is 0 Å². The molecule has 2 fully saturated rings. The smallest absolute Gasteiger partial charge is 0.119 e. The van der Waals surface area contributed by atoms with Gasteiger partial charge in [-0.3, -0.25) is 5.32 Å². The molecule has 2 unspecified atom stereocenters. The summed E-state index contributed by atoms with van der Waals surface area (Å²) in [7, 11) is 0. The Balaban J connectivity index is 1.97. The summed E-state index contributed by atoms with van der Waals surface area (Å²) in [6.45, 7) is 6.96. The van der Waals surface area contributed by atoms with Crippen molar-refractivity contribution in [2.24, 2.45) is 5.92 Å². The quantitative estimate of drug-likeness (QED) is 0.664. The SMILES string of the molecule is CC1COC(C)(C2CCOCC2)N1. The van der Waals surface area contributed by atoms with Crippen LogP contribution in [0.1, 0.15) is 26.7 Å². The minimum atomic E-state index is -0.0941. The second-order valence-corrected chi connectivity index (χ2v) is 4.35. The van der Waals surface area contributed by atoms with Crippen LogP contribution in [0.4, 0.5) is 0 Å². The lowest BCUT2D eigenvalue weighted by atomic mass is 9.89. The molecule has 2 aliphatic heterocycles. The highest BCUT2D eigenvalue weighted by molar-refractivity contribution is 4.89. The van der Waals surface area contributed by atoms with E-state index in [9.17, 15) is 0 Å². The molecule has 3 heteroatoms. The van der Waals surface area contributed by atoms with Crippen LogP contribution in [0.25, 0.3) is 0 Å². The molecule has 0 saturated carbocycles. The molecular formula is C10H19NO2. The Morgan fingerprint density at radius 1 is 1.31 bits per heavy atom. The molecule has 13 heavy (non-hydrogen) atoms. The number of hydrogen-bond acceptors (Lipinski definition) is 3. The molecule has 0 aromatic heterocycles. The second kappa shape index (κ2) is 3.56. The molecule has 0 radical (unpaired) electrons. The molecule has 76 valence electrons. The van der Waals surface area contributed by atoms with Crippen LogP contribution in [0.3, 0.4) is 0 Å². The van der Waals surface area contributed by atoms with Gasteiger partial charge in [-0.15, -0.1) is 0 Å². The lowest BCUT2D eigenvalue weighted by Gasteiger charge is -2.36. The Morgan fingerprint density at radius 3 is 2.54 bits per heavy atom. The standard InChI is InChI=1S/C10H19NO2/c1-8-7-13-10(2,11-8)9-3-5-12-6-4-9/h8-9,11H,3-7H2,1-2H3. The van der Waals surface area contributed by atoms with Gasteiger partial charge in [-0.1, -0.05) is 0 Å². The predicted octanol–water partition coefficient (Wildman–Crippen LogP) is 1.14. The average Bonchev–Trinajstić information content (AvgIpc) is 2.49. The number of nitrogens with one attached hydrogen (secondary N) is 1. The third kappa shape index (κ3) is 1.87. The summed E-state index contributed by atoms with van der Waals surface area (Å²) in [5.74, 6) is 0.617. The Morgan fingerprint density at radius 2 is 2.00 bits per heavy atom. The summed E-state index contributed by atoms with van der Waals surface area (Å²) in [6.07, 6.45) is 2.24. The summed E-state index contributed by atoms with van der Waals surface area (Å²) in [4.78, 5) is 0. The first-order chi connectivity index (χ1) is 6.21. The molecule has 2 atom stereocenters. The minimum absolute atomic E-state index is 0.0941. The van der Waals surface area contributed by atoms with Gasteiger partial charge in [-0.05, 0) is 26.7 Å². The van der Waals surface area contributed by atoms with Crippen molar-refractivity contribution in [3.05, 3.63) is 0 Å². The molecule has 0 bridgehead atoms. The number of rotatable bonds is 1. The molecule has 2 aliphatic rings. The predicted molar refractivity (Wildman–Crippen MR) is 50.5 cm³/mol. The van der Waals surface area contributed by atoms with Crippen molar-refractivity contribution in [1.29, 1.82) is 0 Å². The van der Waals surface area contributed by atoms with E-state index >= 15 is 0 Å². The molecule has 2 saturated heterocycles. The molecule has 2 heterocycles. The molecule has 0 aromatic rings. The summed E-state index contributed by atoms with van der Waals surface area (Å²) in [5.41, 5.74) is -0.0941. The highest BCUT2D eigenvalue weighted by atomic mass is 16.5. The van der Waals surface area contributed by atoms with Gasteiger partial charge in [-0.25, -0.2) is 0 Å². The van der Waals surface area contributed by atoms with Gasteiger partial charge < -0.3 is 9.47 Å². The molecule has 0 spiro atoms. The van der Waals surface area contributed by atoms with Crippen LogP contribution < -0.4 is 5.32 Å². The summed E-state index contributed by atoms with van der Waals surface area (Å²) in [5, 5.41) is 3.52. The van der Waals surface area contributed by atoms with Crippen LogP contribution in [-0.4, -0.2) is 31.6 Å². The fraction of sp³-hybridized carbons (Fsp3) is 1.00. The first-order valence-electron chi connectivity index (χ1n) is 5.20. The number of hydrogen-bond donors (Lipinski definition) is 1. The van der Waals surface area contributed by atoms with Gasteiger partial charge in [0.1, 0.15) is 5.72 Å². The van der Waals surface area contributed by atoms with Crippen molar-refractivity contribution in [2.75, 3.05) is 19.8 Å². The highest BCUT2D eigenvalue weighted by Gasteiger charge is 2.41. The highest BCUT2D eigenvalue weighted by Crippen LogP contribution is 2.31. The van der Waals surface area contributed by atoms with E-state index in [0.717, 1.165) is 32.7 Å². The van der Waals surface area contributed by atoms with Gasteiger partial charge >= 0.3 is 0 Å². The van der Waals surface area contributed by atoms with Gasteiger partial charge in [0.25, 0.3) is 0 Å². The maximum atomic E-state index is 5.83. The molecule has 0 aromatic carbocycles. The third-order valence-electron chi connectivity index (χ3n) is 3.17.